The van der Waals surface area contributed by atoms with E-state index in [1.165, 1.54) is 0 Å². The molecular formula is C43H53B2F8N3O10S. The Morgan fingerprint density at radius 3 is 1.24 bits per heavy atom. The highest BCUT2D eigenvalue weighted by molar-refractivity contribution is 7.99. The second kappa shape index (κ2) is 29.1. The SMILES string of the molecule is CN1c2ccc3cc2Sc2ccc(cc21)CC(=O)OCCOCCOCCOCC[n+]1ccc(cc1)-c1cc[n+](cc1)CCOCCOCCOCCOC(=O)C3.F[B-](F)(F)F.F[B-](F)(F)F. The van der Waals surface area contributed by atoms with Gasteiger partial charge in [0.05, 0.1) is 90.3 Å². The molecule has 0 atom stereocenters. The smallest absolute Gasteiger partial charge is 0.463 e. The van der Waals surface area contributed by atoms with E-state index in [0.717, 1.165) is 56.5 Å². The van der Waals surface area contributed by atoms with E-state index in [-0.39, 0.29) is 38.0 Å². The fourth-order valence-electron chi connectivity index (χ4n) is 6.18. The predicted octanol–water partition coefficient (Wildman–Crippen LogP) is 6.75. The number of anilines is 2. The number of aromatic nitrogens is 2. The fraction of sp³-hybridized carbons (Fsp3) is 0.442. The van der Waals surface area contributed by atoms with Gasteiger partial charge in [-0.2, -0.15) is 0 Å². The van der Waals surface area contributed by atoms with Gasteiger partial charge in [-0.05, 0) is 46.5 Å². The van der Waals surface area contributed by atoms with Gasteiger partial charge in [-0.25, -0.2) is 9.13 Å². The van der Waals surface area contributed by atoms with Crippen LogP contribution in [-0.2, 0) is 73.4 Å². The number of carbonyl (C=O) groups excluding carboxylic acids is 2. The number of benzene rings is 2. The standard InChI is InChI=1S/C43H53N3O10S.2BF4/c1-44-38-4-2-35-31-41(38)57-40-5-3-34(30-39(40)44)32-42(47)55-28-26-53-24-22-51-20-18-49-16-14-45-10-6-36(7-11-45)37-8-12-46(13-9-37)15-17-50-19-21-52-23-25-54-27-29-56-43(48)33-35;2*2-1(3,4)5/h2-13,30-31H,14-29,32-33H2,1H3;;/q+2;2*-1. The molecular weight excluding hydrogens is 924 g/mol. The second-order valence-corrected chi connectivity index (χ2v) is 15.5. The van der Waals surface area contributed by atoms with Crippen molar-refractivity contribution in [2.45, 2.75) is 35.7 Å². The summed E-state index contributed by atoms with van der Waals surface area (Å²) >= 11 is 1.64. The number of esters is 2. The zero-order chi connectivity index (χ0) is 48.5. The van der Waals surface area contributed by atoms with Crippen LogP contribution < -0.4 is 14.0 Å². The number of pyridine rings is 2. The number of rotatable bonds is 0. The maximum Gasteiger partial charge on any atom is 0.673 e. The first-order chi connectivity index (χ1) is 32.0. The van der Waals surface area contributed by atoms with Crippen molar-refractivity contribution in [1.82, 2.24) is 0 Å². The molecule has 0 fully saturated rings. The summed E-state index contributed by atoms with van der Waals surface area (Å²) in [6.45, 7) is 7.23. The van der Waals surface area contributed by atoms with Crippen molar-refractivity contribution in [3.8, 4) is 11.1 Å². The van der Waals surface area contributed by atoms with Gasteiger partial charge >= 0.3 is 26.4 Å². The molecule has 67 heavy (non-hydrogen) atoms. The number of hydrogen-bond acceptors (Lipinski definition) is 12. The minimum absolute atomic E-state index is 0.161. The van der Waals surface area contributed by atoms with E-state index >= 15 is 0 Å². The molecule has 368 valence electrons. The topological polar surface area (TPSA) is 119 Å². The first kappa shape index (κ1) is 54.8. The maximum absolute atomic E-state index is 12.6. The van der Waals surface area contributed by atoms with Crippen LogP contribution in [0.1, 0.15) is 11.1 Å². The quantitative estimate of drug-likeness (QED) is 0.0804. The lowest BCUT2D eigenvalue weighted by Gasteiger charge is -2.30. The third-order valence-electron chi connectivity index (χ3n) is 9.26. The summed E-state index contributed by atoms with van der Waals surface area (Å²) in [5.41, 5.74) is 6.05. The summed E-state index contributed by atoms with van der Waals surface area (Å²) in [5, 5.41) is 0. The zero-order valence-electron chi connectivity index (χ0n) is 36.8. The fourth-order valence-corrected chi connectivity index (χ4v) is 7.38. The minimum Gasteiger partial charge on any atom is -0.463 e. The Morgan fingerprint density at radius 2 is 0.821 bits per heavy atom. The average molecular weight is 978 g/mol. The minimum atomic E-state index is -6.00. The molecule has 4 aromatic rings. The van der Waals surface area contributed by atoms with Gasteiger partial charge in [-0.3, -0.25) is 9.59 Å². The number of ether oxygens (including phenoxy) is 8. The van der Waals surface area contributed by atoms with Gasteiger partial charge in [0.1, 0.15) is 26.4 Å². The molecule has 2 aromatic heterocycles. The Bertz CT molecular complexity index is 2070. The van der Waals surface area contributed by atoms with Crippen LogP contribution in [-0.4, -0.2) is 126 Å². The van der Waals surface area contributed by atoms with Crippen LogP contribution in [0, 0.1) is 0 Å². The van der Waals surface area contributed by atoms with Crippen LogP contribution in [0.3, 0.4) is 0 Å². The van der Waals surface area contributed by atoms with E-state index in [0.29, 0.717) is 79.3 Å². The summed E-state index contributed by atoms with van der Waals surface area (Å²) in [6.07, 6.45) is 8.56. The number of nitrogens with zero attached hydrogens (tertiary/aromatic N) is 3. The normalized spacial score (nSPS) is 17.3. The van der Waals surface area contributed by atoms with Gasteiger partial charge in [0.25, 0.3) is 0 Å². The van der Waals surface area contributed by atoms with Crippen LogP contribution in [0.15, 0.2) is 95.2 Å². The van der Waals surface area contributed by atoms with Crippen molar-refractivity contribution >= 4 is 49.6 Å². The summed E-state index contributed by atoms with van der Waals surface area (Å²) in [5.74, 6) is -0.617. The van der Waals surface area contributed by atoms with Gasteiger partial charge in [0.2, 0.25) is 0 Å². The Hall–Kier alpha value is -4.84. The predicted molar refractivity (Wildman–Crippen MR) is 232 cm³/mol. The monoisotopic (exact) mass is 977 g/mol. The van der Waals surface area contributed by atoms with Gasteiger partial charge in [-0.15, -0.1) is 0 Å². The van der Waals surface area contributed by atoms with Crippen LogP contribution >= 0.6 is 11.8 Å². The van der Waals surface area contributed by atoms with E-state index in [4.69, 9.17) is 37.9 Å². The van der Waals surface area contributed by atoms with Crippen molar-refractivity contribution in [3.05, 3.63) is 96.6 Å². The maximum atomic E-state index is 12.6. The molecule has 9 aliphatic heterocycles. The molecule has 0 saturated carbocycles. The Morgan fingerprint density at radius 1 is 0.463 bits per heavy atom. The molecule has 24 heteroatoms. The molecule has 0 aliphatic carbocycles. The van der Waals surface area contributed by atoms with E-state index in [1.807, 2.05) is 43.4 Å². The molecule has 0 amide bonds. The van der Waals surface area contributed by atoms with Crippen LogP contribution in [0.5, 0.6) is 0 Å². The van der Waals surface area contributed by atoms with Gasteiger partial charge in [-0.1, -0.05) is 23.9 Å². The molecule has 13 nitrogen and oxygen atoms in total. The molecule has 0 spiro atoms. The van der Waals surface area contributed by atoms with Crippen molar-refractivity contribution < 1.29 is 91.1 Å². The Kier molecular flexibility index (Phi) is 23.8. The van der Waals surface area contributed by atoms with Crippen molar-refractivity contribution in [1.29, 1.82) is 0 Å². The average Bonchev–Trinajstić information content (AvgIpc) is 3.26. The molecule has 0 N–H and O–H groups in total. The molecule has 0 radical (unpaired) electrons. The van der Waals surface area contributed by atoms with E-state index < -0.39 is 14.5 Å². The summed E-state index contributed by atoms with van der Waals surface area (Å²) in [4.78, 5) is 29.4. The van der Waals surface area contributed by atoms with Crippen molar-refractivity contribution in [3.63, 3.8) is 0 Å². The van der Waals surface area contributed by atoms with Crippen LogP contribution in [0.4, 0.5) is 45.9 Å². The molecule has 11 heterocycles. The second-order valence-electron chi connectivity index (χ2n) is 14.4. The van der Waals surface area contributed by atoms with Gasteiger partial charge < -0.3 is 77.3 Å². The number of carbonyl (C=O) groups is 2. The lowest BCUT2D eigenvalue weighted by molar-refractivity contribution is -0.698. The van der Waals surface area contributed by atoms with Crippen LogP contribution in [0.2, 0.25) is 0 Å². The Balaban J connectivity index is 0.000000886. The molecule has 0 unspecified atom stereocenters. The molecule has 0 saturated heterocycles. The lowest BCUT2D eigenvalue weighted by atomic mass is 10.1. The molecule has 13 rings (SSSR count). The number of halogens is 8. The molecule has 9 aliphatic rings. The van der Waals surface area contributed by atoms with Crippen LogP contribution in [0.25, 0.3) is 11.1 Å². The Labute approximate surface area is 387 Å². The summed E-state index contributed by atoms with van der Waals surface area (Å²) in [7, 11) is -10.0. The van der Waals surface area contributed by atoms with Crippen molar-refractivity contribution in [2.75, 3.05) is 104 Å². The van der Waals surface area contributed by atoms with Gasteiger partial charge in [0, 0.05) is 41.1 Å². The van der Waals surface area contributed by atoms with E-state index in [2.05, 4.69) is 63.1 Å². The molecule has 10 bridgehead atoms. The third-order valence-corrected chi connectivity index (χ3v) is 10.4. The van der Waals surface area contributed by atoms with Gasteiger partial charge in [0.15, 0.2) is 37.9 Å². The third kappa shape index (κ3) is 23.6. The van der Waals surface area contributed by atoms with E-state index in [1.54, 1.807) is 11.8 Å². The number of hydrogen-bond donors (Lipinski definition) is 0. The molecule has 2 aromatic carbocycles. The highest BCUT2D eigenvalue weighted by Gasteiger charge is 2.23. The zero-order valence-corrected chi connectivity index (χ0v) is 37.6. The first-order valence-corrected chi connectivity index (χ1v) is 22.0. The summed E-state index contributed by atoms with van der Waals surface area (Å²) < 4.78 is 127. The van der Waals surface area contributed by atoms with E-state index in [9.17, 15) is 44.1 Å². The highest BCUT2D eigenvalue weighted by Crippen LogP contribution is 2.48. The first-order valence-electron chi connectivity index (χ1n) is 21.2. The van der Waals surface area contributed by atoms with Crippen molar-refractivity contribution in [2.24, 2.45) is 0 Å². The largest absolute Gasteiger partial charge is 0.673 e. The lowest BCUT2D eigenvalue weighted by Crippen LogP contribution is -2.35. The highest BCUT2D eigenvalue weighted by atomic mass is 32.2. The summed E-state index contributed by atoms with van der Waals surface area (Å²) in [6, 6.07) is 20.4.